The number of carbonyl (C=O) groups excluding carboxylic acids is 1. The van der Waals surface area contributed by atoms with Crippen LogP contribution in [0.4, 0.5) is 28.4 Å². The van der Waals surface area contributed by atoms with Gasteiger partial charge in [0.25, 0.3) is 0 Å². The number of hydrogen-bond acceptors (Lipinski definition) is 8. The number of methoxy groups -OCH3 is 2. The summed E-state index contributed by atoms with van der Waals surface area (Å²) in [6.07, 6.45) is 0. The molecule has 0 aliphatic carbocycles. The van der Waals surface area contributed by atoms with Crippen molar-refractivity contribution in [1.82, 2.24) is 0 Å². The van der Waals surface area contributed by atoms with Crippen LogP contribution in [0.25, 0.3) is 0 Å². The van der Waals surface area contributed by atoms with E-state index in [1.165, 1.54) is 6.92 Å². The molecule has 164 valence electrons. The third-order valence-corrected chi connectivity index (χ3v) is 4.67. The lowest BCUT2D eigenvalue weighted by molar-refractivity contribution is 0.101. The van der Waals surface area contributed by atoms with Crippen LogP contribution in [0.3, 0.4) is 0 Å². The van der Waals surface area contributed by atoms with Gasteiger partial charge >= 0.3 is 0 Å². The van der Waals surface area contributed by atoms with Gasteiger partial charge in [-0.25, -0.2) is 0 Å². The summed E-state index contributed by atoms with van der Waals surface area (Å²) in [4.78, 5) is 13.4. The molecular formula is C24H25N5O3. The van der Waals surface area contributed by atoms with E-state index in [0.29, 0.717) is 34.1 Å². The van der Waals surface area contributed by atoms with Gasteiger partial charge in [-0.05, 0) is 55.5 Å². The van der Waals surface area contributed by atoms with Crippen LogP contribution in [-0.4, -0.2) is 34.1 Å². The number of anilines is 1. The number of ether oxygens (including phenoxy) is 2. The van der Waals surface area contributed by atoms with Crippen LogP contribution < -0.4 is 14.4 Å². The molecule has 3 rings (SSSR count). The minimum atomic E-state index is -0.00158. The van der Waals surface area contributed by atoms with E-state index < -0.39 is 0 Å². The number of nitrogens with zero attached hydrogens (tertiary/aromatic N) is 5. The topological polar surface area (TPSA) is 88.2 Å². The van der Waals surface area contributed by atoms with Crippen molar-refractivity contribution >= 4 is 34.2 Å². The lowest BCUT2D eigenvalue weighted by Gasteiger charge is -2.11. The van der Waals surface area contributed by atoms with Crippen LogP contribution in [0.2, 0.25) is 0 Å². The van der Waals surface area contributed by atoms with Gasteiger partial charge in [-0.3, -0.25) is 4.79 Å². The molecule has 0 unspecified atom stereocenters. The maximum Gasteiger partial charge on any atom is 0.159 e. The van der Waals surface area contributed by atoms with E-state index in [2.05, 4.69) is 20.5 Å². The molecule has 0 N–H and O–H groups in total. The molecule has 0 amide bonds. The molecule has 0 radical (unpaired) electrons. The molecule has 0 fully saturated rings. The van der Waals surface area contributed by atoms with Crippen LogP contribution in [0.15, 0.2) is 81.1 Å². The Morgan fingerprint density at radius 1 is 0.719 bits per heavy atom. The highest BCUT2D eigenvalue weighted by Crippen LogP contribution is 2.41. The smallest absolute Gasteiger partial charge is 0.159 e. The maximum absolute atomic E-state index is 11.4. The standard InChI is InChI=1S/C24H25N5O3/c1-16(30)17-6-8-18(9-7-17)25-27-21-14-24(32-5)22(15-23(21)31-4)28-26-19-10-12-20(13-11-19)29(2)3/h6-15H,1-5H3/b27-25+,28-26+. The number of carbonyl (C=O) groups is 1. The third-order valence-electron chi connectivity index (χ3n) is 4.67. The fraction of sp³-hybridized carbons (Fsp3) is 0.208. The molecule has 0 heterocycles. The first kappa shape index (κ1) is 22.6. The fourth-order valence-corrected chi connectivity index (χ4v) is 2.83. The Kier molecular flexibility index (Phi) is 7.28. The summed E-state index contributed by atoms with van der Waals surface area (Å²) in [5, 5.41) is 17.1. The first-order valence-electron chi connectivity index (χ1n) is 9.89. The summed E-state index contributed by atoms with van der Waals surface area (Å²) in [6, 6.07) is 18.0. The van der Waals surface area contributed by atoms with Crippen molar-refractivity contribution in [2.75, 3.05) is 33.2 Å². The Morgan fingerprint density at radius 2 is 1.16 bits per heavy atom. The van der Waals surface area contributed by atoms with E-state index in [0.717, 1.165) is 11.4 Å². The summed E-state index contributed by atoms with van der Waals surface area (Å²) in [5.41, 5.74) is 4.01. The van der Waals surface area contributed by atoms with E-state index in [4.69, 9.17) is 9.47 Å². The zero-order valence-electron chi connectivity index (χ0n) is 18.7. The Morgan fingerprint density at radius 3 is 1.53 bits per heavy atom. The minimum absolute atomic E-state index is 0.00158. The number of azo groups is 2. The second kappa shape index (κ2) is 10.3. The number of benzene rings is 3. The highest BCUT2D eigenvalue weighted by atomic mass is 16.5. The van der Waals surface area contributed by atoms with E-state index in [1.807, 2.05) is 43.3 Å². The third kappa shape index (κ3) is 5.54. The SMILES string of the molecule is COc1cc(/N=N/c2ccc(N(C)C)cc2)c(OC)cc1/N=N/c1ccc(C(C)=O)cc1. The lowest BCUT2D eigenvalue weighted by Crippen LogP contribution is -2.07. The van der Waals surface area contributed by atoms with Gasteiger partial charge in [-0.1, -0.05) is 0 Å². The lowest BCUT2D eigenvalue weighted by atomic mass is 10.1. The van der Waals surface area contributed by atoms with Gasteiger partial charge in [-0.2, -0.15) is 10.2 Å². The van der Waals surface area contributed by atoms with Crippen molar-refractivity contribution in [1.29, 1.82) is 0 Å². The molecule has 0 aromatic heterocycles. The number of ketones is 1. The summed E-state index contributed by atoms with van der Waals surface area (Å²) >= 11 is 0. The van der Waals surface area contributed by atoms with Crippen molar-refractivity contribution in [3.8, 4) is 11.5 Å². The van der Waals surface area contributed by atoms with Crippen LogP contribution in [0.5, 0.6) is 11.5 Å². The highest BCUT2D eigenvalue weighted by molar-refractivity contribution is 5.94. The van der Waals surface area contributed by atoms with Gasteiger partial charge in [0.2, 0.25) is 0 Å². The van der Waals surface area contributed by atoms with E-state index in [1.54, 1.807) is 50.6 Å². The molecule has 8 nitrogen and oxygen atoms in total. The quantitative estimate of drug-likeness (QED) is 0.290. The largest absolute Gasteiger partial charge is 0.494 e. The monoisotopic (exact) mass is 431 g/mol. The van der Waals surface area contributed by atoms with Crippen molar-refractivity contribution < 1.29 is 14.3 Å². The second-order valence-electron chi connectivity index (χ2n) is 7.11. The summed E-state index contributed by atoms with van der Waals surface area (Å²) in [5.74, 6) is 0.963. The molecule has 0 bridgehead atoms. The van der Waals surface area contributed by atoms with Gasteiger partial charge < -0.3 is 14.4 Å². The average molecular weight is 431 g/mol. The molecule has 0 atom stereocenters. The summed E-state index contributed by atoms with van der Waals surface area (Å²) in [7, 11) is 7.05. The van der Waals surface area contributed by atoms with Gasteiger partial charge in [-0.15, -0.1) is 10.2 Å². The highest BCUT2D eigenvalue weighted by Gasteiger charge is 2.11. The molecule has 32 heavy (non-hydrogen) atoms. The predicted octanol–water partition coefficient (Wildman–Crippen LogP) is 6.80. The van der Waals surface area contributed by atoms with Crippen molar-refractivity contribution in [3.63, 3.8) is 0 Å². The molecule has 0 spiro atoms. The molecule has 0 saturated carbocycles. The first-order chi connectivity index (χ1) is 15.4. The van der Waals surface area contributed by atoms with Gasteiger partial charge in [0.05, 0.1) is 25.6 Å². The maximum atomic E-state index is 11.4. The minimum Gasteiger partial charge on any atom is -0.494 e. The van der Waals surface area contributed by atoms with Crippen LogP contribution in [0.1, 0.15) is 17.3 Å². The normalized spacial score (nSPS) is 11.2. The summed E-state index contributed by atoms with van der Waals surface area (Å²) in [6.45, 7) is 1.52. The van der Waals surface area contributed by atoms with Crippen LogP contribution >= 0.6 is 0 Å². The Bertz CT molecular complexity index is 1140. The molecule has 3 aromatic rings. The van der Waals surface area contributed by atoms with Crippen molar-refractivity contribution in [2.45, 2.75) is 6.92 Å². The number of Topliss-reactive ketones (excluding diaryl/α,β-unsaturated/α-hetero) is 1. The van der Waals surface area contributed by atoms with E-state index in [9.17, 15) is 4.79 Å². The van der Waals surface area contributed by atoms with Crippen molar-refractivity contribution in [3.05, 3.63) is 66.2 Å². The molecule has 3 aromatic carbocycles. The Labute approximate surface area is 187 Å². The molecular weight excluding hydrogens is 406 g/mol. The zero-order valence-corrected chi connectivity index (χ0v) is 18.7. The number of rotatable bonds is 8. The van der Waals surface area contributed by atoms with Gasteiger partial charge in [0.15, 0.2) is 5.78 Å². The van der Waals surface area contributed by atoms with Crippen LogP contribution in [0, 0.1) is 0 Å². The summed E-state index contributed by atoms with van der Waals surface area (Å²) < 4.78 is 10.9. The fourth-order valence-electron chi connectivity index (χ4n) is 2.83. The molecule has 0 saturated heterocycles. The first-order valence-corrected chi connectivity index (χ1v) is 9.89. The zero-order chi connectivity index (χ0) is 23.1. The second-order valence-corrected chi connectivity index (χ2v) is 7.11. The van der Waals surface area contributed by atoms with Crippen molar-refractivity contribution in [2.24, 2.45) is 20.5 Å². The van der Waals surface area contributed by atoms with Gasteiger partial charge in [0, 0.05) is 37.5 Å². The van der Waals surface area contributed by atoms with E-state index in [-0.39, 0.29) is 5.78 Å². The predicted molar refractivity (Wildman–Crippen MR) is 125 cm³/mol. The average Bonchev–Trinajstić information content (AvgIpc) is 2.81. The van der Waals surface area contributed by atoms with E-state index >= 15 is 0 Å². The van der Waals surface area contributed by atoms with Gasteiger partial charge in [0.1, 0.15) is 22.9 Å². The Balaban J connectivity index is 1.86. The molecule has 0 aliphatic rings. The molecule has 8 heteroatoms. The number of hydrogen-bond donors (Lipinski definition) is 0. The van der Waals surface area contributed by atoms with Crippen LogP contribution in [-0.2, 0) is 0 Å². The Hall–Kier alpha value is -4.07. The molecule has 0 aliphatic heterocycles.